The van der Waals surface area contributed by atoms with Gasteiger partial charge < -0.3 is 10.0 Å². The fraction of sp³-hybridized carbons (Fsp3) is 0.462. The number of benzene rings is 1. The lowest BCUT2D eigenvalue weighted by atomic mass is 9.91. The van der Waals surface area contributed by atoms with Gasteiger partial charge in [-0.3, -0.25) is 14.9 Å². The van der Waals surface area contributed by atoms with Gasteiger partial charge in [-0.25, -0.2) is 4.39 Å². The van der Waals surface area contributed by atoms with Crippen molar-refractivity contribution in [2.24, 2.45) is 5.92 Å². The lowest BCUT2D eigenvalue weighted by Gasteiger charge is -2.37. The third kappa shape index (κ3) is 2.71. The smallest absolute Gasteiger partial charge is 0.306 e. The van der Waals surface area contributed by atoms with Crippen LogP contribution in [0.3, 0.4) is 0 Å². The van der Waals surface area contributed by atoms with Gasteiger partial charge in [0.15, 0.2) is 0 Å². The number of rotatable bonds is 3. The molecule has 1 saturated heterocycles. The fourth-order valence-electron chi connectivity index (χ4n) is 2.64. The van der Waals surface area contributed by atoms with Crippen LogP contribution < -0.4 is 4.90 Å². The normalized spacial score (nSPS) is 22.6. The van der Waals surface area contributed by atoms with Crippen LogP contribution in [-0.2, 0) is 4.79 Å². The maximum Gasteiger partial charge on any atom is 0.306 e. The summed E-state index contributed by atoms with van der Waals surface area (Å²) >= 11 is 0. The average Bonchev–Trinajstić information content (AvgIpc) is 2.37. The highest BCUT2D eigenvalue weighted by atomic mass is 19.1. The number of anilines is 1. The number of carboxylic acid groups (broad SMARTS) is 1. The number of nitro groups is 1. The van der Waals surface area contributed by atoms with Crippen LogP contribution in [0.1, 0.15) is 19.8 Å². The van der Waals surface area contributed by atoms with Crippen molar-refractivity contribution in [3.05, 3.63) is 34.1 Å². The molecule has 0 aromatic heterocycles. The summed E-state index contributed by atoms with van der Waals surface area (Å²) in [7, 11) is 0. The molecule has 2 rings (SSSR count). The van der Waals surface area contributed by atoms with Crippen molar-refractivity contribution < 1.29 is 19.2 Å². The molecule has 1 fully saturated rings. The van der Waals surface area contributed by atoms with Crippen LogP contribution in [0.4, 0.5) is 15.8 Å². The minimum absolute atomic E-state index is 0.160. The molecular formula is C13H15FN2O4. The number of carbonyl (C=O) groups is 1. The van der Waals surface area contributed by atoms with Gasteiger partial charge in [-0.1, -0.05) is 0 Å². The Morgan fingerprint density at radius 2 is 2.25 bits per heavy atom. The molecule has 7 heteroatoms. The van der Waals surface area contributed by atoms with Gasteiger partial charge in [0.2, 0.25) is 0 Å². The molecular weight excluding hydrogens is 267 g/mol. The second-order valence-corrected chi connectivity index (χ2v) is 4.99. The van der Waals surface area contributed by atoms with Crippen LogP contribution in [-0.4, -0.2) is 28.6 Å². The predicted octanol–water partition coefficient (Wildman–Crippen LogP) is 2.42. The molecule has 1 aliphatic heterocycles. The third-order valence-corrected chi connectivity index (χ3v) is 3.67. The summed E-state index contributed by atoms with van der Waals surface area (Å²) in [5.41, 5.74) is 0.0540. The first-order valence-electron chi connectivity index (χ1n) is 6.33. The number of hydrogen-bond donors (Lipinski definition) is 1. The van der Waals surface area contributed by atoms with E-state index in [0.29, 0.717) is 19.4 Å². The van der Waals surface area contributed by atoms with Crippen LogP contribution in [0.25, 0.3) is 0 Å². The number of nitrogens with zero attached hydrogens (tertiary/aromatic N) is 2. The second kappa shape index (κ2) is 5.44. The fourth-order valence-corrected chi connectivity index (χ4v) is 2.64. The molecule has 0 bridgehead atoms. The Bertz CT molecular complexity index is 549. The number of carboxylic acids is 1. The van der Waals surface area contributed by atoms with Gasteiger partial charge in [0, 0.05) is 24.7 Å². The Hall–Kier alpha value is -2.18. The zero-order chi connectivity index (χ0) is 14.9. The SMILES string of the molecule is CC1CC(C(=O)O)CCN1c1cc(F)ccc1[N+](=O)[O-]. The van der Waals surface area contributed by atoms with Crippen LogP contribution in [0.15, 0.2) is 18.2 Å². The molecule has 108 valence electrons. The van der Waals surface area contributed by atoms with Crippen LogP contribution in [0.5, 0.6) is 0 Å². The molecule has 0 saturated carbocycles. The lowest BCUT2D eigenvalue weighted by Crippen LogP contribution is -2.43. The minimum atomic E-state index is -0.856. The van der Waals surface area contributed by atoms with E-state index in [1.165, 1.54) is 0 Å². The highest BCUT2D eigenvalue weighted by molar-refractivity contribution is 5.71. The summed E-state index contributed by atoms with van der Waals surface area (Å²) in [5.74, 6) is -1.85. The summed E-state index contributed by atoms with van der Waals surface area (Å²) in [5, 5.41) is 20.0. The number of piperidine rings is 1. The molecule has 2 unspecified atom stereocenters. The van der Waals surface area contributed by atoms with E-state index in [2.05, 4.69) is 0 Å². The summed E-state index contributed by atoms with van der Waals surface area (Å²) in [6, 6.07) is 3.14. The molecule has 1 aromatic carbocycles. The molecule has 2 atom stereocenters. The molecule has 0 aliphatic carbocycles. The van der Waals surface area contributed by atoms with Gasteiger partial charge in [0.25, 0.3) is 5.69 Å². The van der Waals surface area contributed by atoms with E-state index in [1.54, 1.807) is 11.8 Å². The molecule has 20 heavy (non-hydrogen) atoms. The summed E-state index contributed by atoms with van der Waals surface area (Å²) < 4.78 is 13.4. The molecule has 0 amide bonds. The van der Waals surface area contributed by atoms with E-state index in [1.807, 2.05) is 0 Å². The van der Waals surface area contributed by atoms with Gasteiger partial charge >= 0.3 is 5.97 Å². The first kappa shape index (κ1) is 14.2. The highest BCUT2D eigenvalue weighted by Gasteiger charge is 2.32. The topological polar surface area (TPSA) is 83.7 Å². The zero-order valence-corrected chi connectivity index (χ0v) is 11.0. The van der Waals surface area contributed by atoms with E-state index in [4.69, 9.17) is 5.11 Å². The Morgan fingerprint density at radius 3 is 2.80 bits per heavy atom. The van der Waals surface area contributed by atoms with Gasteiger partial charge in [-0.15, -0.1) is 0 Å². The quantitative estimate of drug-likeness (QED) is 0.680. The molecule has 1 aliphatic rings. The zero-order valence-electron chi connectivity index (χ0n) is 11.0. The molecule has 1 N–H and O–H groups in total. The monoisotopic (exact) mass is 282 g/mol. The lowest BCUT2D eigenvalue weighted by molar-refractivity contribution is -0.384. The van der Waals surface area contributed by atoms with E-state index in [0.717, 1.165) is 18.2 Å². The van der Waals surface area contributed by atoms with E-state index < -0.39 is 22.6 Å². The van der Waals surface area contributed by atoms with Gasteiger partial charge in [0.1, 0.15) is 11.5 Å². The molecule has 1 heterocycles. The maximum atomic E-state index is 13.4. The summed E-state index contributed by atoms with van der Waals surface area (Å²) in [6.45, 7) is 2.16. The predicted molar refractivity (Wildman–Crippen MR) is 70.2 cm³/mol. The number of hydrogen-bond acceptors (Lipinski definition) is 4. The van der Waals surface area contributed by atoms with E-state index in [-0.39, 0.29) is 17.4 Å². The molecule has 1 aromatic rings. The van der Waals surface area contributed by atoms with Crippen LogP contribution in [0, 0.1) is 21.8 Å². The molecule has 0 radical (unpaired) electrons. The molecule has 0 spiro atoms. The van der Waals surface area contributed by atoms with E-state index >= 15 is 0 Å². The highest BCUT2D eigenvalue weighted by Crippen LogP contribution is 2.34. The van der Waals surface area contributed by atoms with Crippen molar-refractivity contribution in [3.63, 3.8) is 0 Å². The number of halogens is 1. The second-order valence-electron chi connectivity index (χ2n) is 4.99. The van der Waals surface area contributed by atoms with Crippen molar-refractivity contribution >= 4 is 17.3 Å². The maximum absolute atomic E-state index is 13.4. The van der Waals surface area contributed by atoms with Gasteiger partial charge in [-0.2, -0.15) is 0 Å². The van der Waals surface area contributed by atoms with Crippen molar-refractivity contribution in [3.8, 4) is 0 Å². The first-order chi connectivity index (χ1) is 9.40. The van der Waals surface area contributed by atoms with Gasteiger partial charge in [-0.05, 0) is 25.8 Å². The van der Waals surface area contributed by atoms with Crippen molar-refractivity contribution in [2.75, 3.05) is 11.4 Å². The minimum Gasteiger partial charge on any atom is -0.481 e. The first-order valence-corrected chi connectivity index (χ1v) is 6.33. The Morgan fingerprint density at radius 1 is 1.55 bits per heavy atom. The third-order valence-electron chi connectivity index (χ3n) is 3.67. The number of aliphatic carboxylic acids is 1. The van der Waals surface area contributed by atoms with E-state index in [9.17, 15) is 19.3 Å². The average molecular weight is 282 g/mol. The van der Waals surface area contributed by atoms with Crippen LogP contribution in [0.2, 0.25) is 0 Å². The van der Waals surface area contributed by atoms with Gasteiger partial charge in [0.05, 0.1) is 10.8 Å². The molecule has 6 nitrogen and oxygen atoms in total. The van der Waals surface area contributed by atoms with Crippen LogP contribution >= 0.6 is 0 Å². The Labute approximate surface area is 115 Å². The summed E-state index contributed by atoms with van der Waals surface area (Å²) in [6.07, 6.45) is 0.788. The largest absolute Gasteiger partial charge is 0.481 e. The van der Waals surface area contributed by atoms with Crippen molar-refractivity contribution in [1.82, 2.24) is 0 Å². The summed E-state index contributed by atoms with van der Waals surface area (Å²) in [4.78, 5) is 23.2. The standard InChI is InChI=1S/C13H15FN2O4/c1-8-6-9(13(17)18)4-5-15(8)12-7-10(14)2-3-11(12)16(19)20/h2-3,7-9H,4-6H2,1H3,(H,17,18). The van der Waals surface area contributed by atoms with Crippen molar-refractivity contribution in [2.45, 2.75) is 25.8 Å². The Balaban J connectivity index is 2.30. The van der Waals surface area contributed by atoms with Crippen molar-refractivity contribution in [1.29, 1.82) is 0 Å². The Kier molecular flexibility index (Phi) is 3.87. The number of nitro benzene ring substituents is 1.